The minimum atomic E-state index is 0.00323. The highest BCUT2D eigenvalue weighted by Crippen LogP contribution is 2.44. The summed E-state index contributed by atoms with van der Waals surface area (Å²) in [4.78, 5) is 0. The van der Waals surface area contributed by atoms with Crippen LogP contribution in [-0.4, -0.2) is 16.1 Å². The summed E-state index contributed by atoms with van der Waals surface area (Å²) in [7, 11) is 0. The molecule has 1 aromatic carbocycles. The summed E-state index contributed by atoms with van der Waals surface area (Å²) in [6, 6.07) is 9.62. The first kappa shape index (κ1) is 23.4. The summed E-state index contributed by atoms with van der Waals surface area (Å²) in [5.41, 5.74) is 16.3. The molecule has 3 aliphatic carbocycles. The zero-order chi connectivity index (χ0) is 22.7. The first-order valence-electron chi connectivity index (χ1n) is 14.2. The molecule has 0 aliphatic heterocycles. The van der Waals surface area contributed by atoms with Crippen LogP contribution in [-0.2, 0) is 6.54 Å². The van der Waals surface area contributed by atoms with Crippen molar-refractivity contribution in [2.75, 3.05) is 0 Å². The highest BCUT2D eigenvalue weighted by atomic mass is 15.0. The fourth-order valence-electron chi connectivity index (χ4n) is 7.46. The second-order valence-electron chi connectivity index (χ2n) is 12.0. The molecule has 33 heavy (non-hydrogen) atoms. The van der Waals surface area contributed by atoms with Crippen LogP contribution >= 0.6 is 0 Å². The van der Waals surface area contributed by atoms with Crippen molar-refractivity contribution < 1.29 is 0 Å². The van der Waals surface area contributed by atoms with Crippen LogP contribution in [0.4, 0.5) is 0 Å². The van der Waals surface area contributed by atoms with E-state index in [2.05, 4.69) is 35.0 Å². The molecule has 1 heterocycles. The van der Waals surface area contributed by atoms with Crippen molar-refractivity contribution in [3.63, 3.8) is 0 Å². The normalized spacial score (nSPS) is 28.8. The van der Waals surface area contributed by atoms with Gasteiger partial charge in [0.25, 0.3) is 0 Å². The molecule has 182 valence electrons. The van der Waals surface area contributed by atoms with Gasteiger partial charge in [-0.2, -0.15) is 0 Å². The van der Waals surface area contributed by atoms with Crippen molar-refractivity contribution in [3.05, 3.63) is 36.0 Å². The van der Waals surface area contributed by atoms with Crippen molar-refractivity contribution >= 4 is 10.9 Å². The molecule has 3 fully saturated rings. The smallest absolute Gasteiger partial charge is 0.0483 e. The van der Waals surface area contributed by atoms with E-state index in [1.54, 1.807) is 5.56 Å². The van der Waals surface area contributed by atoms with E-state index in [-0.39, 0.29) is 5.54 Å². The zero-order valence-electron chi connectivity index (χ0n) is 20.8. The summed E-state index contributed by atoms with van der Waals surface area (Å²) in [6.07, 6.45) is 23.5. The summed E-state index contributed by atoms with van der Waals surface area (Å²) in [5, 5.41) is 1.51. The van der Waals surface area contributed by atoms with Gasteiger partial charge >= 0.3 is 0 Å². The molecule has 3 heteroatoms. The molecule has 2 aromatic rings. The molecule has 3 nitrogen and oxygen atoms in total. The van der Waals surface area contributed by atoms with Gasteiger partial charge in [-0.25, -0.2) is 0 Å². The molecular weight excluding hydrogens is 402 g/mol. The van der Waals surface area contributed by atoms with Gasteiger partial charge in [0.15, 0.2) is 0 Å². The molecule has 3 saturated carbocycles. The van der Waals surface area contributed by atoms with Gasteiger partial charge in [-0.1, -0.05) is 56.7 Å². The van der Waals surface area contributed by atoms with Gasteiger partial charge in [0.05, 0.1) is 0 Å². The van der Waals surface area contributed by atoms with E-state index < -0.39 is 0 Å². The predicted octanol–water partition coefficient (Wildman–Crippen LogP) is 7.26. The van der Waals surface area contributed by atoms with E-state index in [1.165, 1.54) is 88.1 Å². The molecule has 4 N–H and O–H groups in total. The van der Waals surface area contributed by atoms with Crippen molar-refractivity contribution in [1.82, 2.24) is 4.57 Å². The maximum Gasteiger partial charge on any atom is 0.0483 e. The van der Waals surface area contributed by atoms with Gasteiger partial charge in [-0.3, -0.25) is 0 Å². The number of hydrogen-bond acceptors (Lipinski definition) is 2. The highest BCUT2D eigenvalue weighted by Gasteiger charge is 2.34. The SMILES string of the molecule is NC1CCC(N)(CCC(c2cn(CC3CCCCC3)c3ccccc23)C2CCCCC2)CC1. The Morgan fingerprint density at radius 2 is 1.55 bits per heavy atom. The topological polar surface area (TPSA) is 57.0 Å². The fraction of sp³-hybridized carbons (Fsp3) is 0.733. The quantitative estimate of drug-likeness (QED) is 0.467. The Bertz CT molecular complexity index is 879. The Hall–Kier alpha value is -1.32. The second kappa shape index (κ2) is 10.5. The van der Waals surface area contributed by atoms with Crippen LogP contribution in [0.3, 0.4) is 0 Å². The molecule has 0 radical (unpaired) electrons. The molecule has 3 aliphatic rings. The van der Waals surface area contributed by atoms with E-state index in [0.29, 0.717) is 12.0 Å². The Balaban J connectivity index is 1.42. The lowest BCUT2D eigenvalue weighted by atomic mass is 9.71. The van der Waals surface area contributed by atoms with Crippen LogP contribution in [0, 0.1) is 11.8 Å². The predicted molar refractivity (Wildman–Crippen MR) is 140 cm³/mol. The molecule has 0 spiro atoms. The summed E-state index contributed by atoms with van der Waals surface area (Å²) >= 11 is 0. The summed E-state index contributed by atoms with van der Waals surface area (Å²) < 4.78 is 2.63. The Morgan fingerprint density at radius 1 is 0.879 bits per heavy atom. The number of aromatic nitrogens is 1. The minimum absolute atomic E-state index is 0.00323. The molecule has 1 aromatic heterocycles. The van der Waals surface area contributed by atoms with E-state index >= 15 is 0 Å². The van der Waals surface area contributed by atoms with E-state index in [0.717, 1.165) is 43.9 Å². The average Bonchev–Trinajstić information content (AvgIpc) is 3.21. The molecule has 5 rings (SSSR count). The number of benzene rings is 1. The van der Waals surface area contributed by atoms with Gasteiger partial charge in [0.2, 0.25) is 0 Å². The third kappa shape index (κ3) is 5.51. The summed E-state index contributed by atoms with van der Waals surface area (Å²) in [5.74, 6) is 2.33. The first-order valence-corrected chi connectivity index (χ1v) is 14.2. The number of nitrogens with zero attached hydrogens (tertiary/aromatic N) is 1. The monoisotopic (exact) mass is 449 g/mol. The van der Waals surface area contributed by atoms with Crippen LogP contribution < -0.4 is 11.5 Å². The lowest BCUT2D eigenvalue weighted by molar-refractivity contribution is 0.225. The van der Waals surface area contributed by atoms with Crippen LogP contribution in [0.1, 0.15) is 114 Å². The largest absolute Gasteiger partial charge is 0.347 e. The Kier molecular flexibility index (Phi) is 7.47. The number of nitrogens with two attached hydrogens (primary N) is 2. The maximum absolute atomic E-state index is 6.96. The van der Waals surface area contributed by atoms with Crippen molar-refractivity contribution in [2.24, 2.45) is 23.3 Å². The molecular formula is C30H47N3. The summed E-state index contributed by atoms with van der Waals surface area (Å²) in [6.45, 7) is 1.20. The molecule has 1 atom stereocenters. The average molecular weight is 450 g/mol. The minimum Gasteiger partial charge on any atom is -0.347 e. The number of fused-ring (bicyclic) bond motifs is 1. The van der Waals surface area contributed by atoms with Gasteiger partial charge in [0, 0.05) is 35.2 Å². The first-order chi connectivity index (χ1) is 16.1. The second-order valence-corrected chi connectivity index (χ2v) is 12.0. The van der Waals surface area contributed by atoms with Crippen molar-refractivity contribution in [1.29, 1.82) is 0 Å². The van der Waals surface area contributed by atoms with Crippen LogP contribution in [0.5, 0.6) is 0 Å². The Labute approximate surface area is 201 Å². The standard InChI is InChI=1S/C30H47N3/c31-25-15-18-30(32,19-16-25)20-17-26(24-11-5-2-6-12-24)28-22-33(21-23-9-3-1-4-10-23)29-14-8-7-13-27(28)29/h7-8,13-14,22-26H,1-6,9-12,15-21,31-32H2. The number of hydrogen-bond donors (Lipinski definition) is 2. The lowest BCUT2D eigenvalue weighted by Crippen LogP contribution is -2.46. The van der Waals surface area contributed by atoms with Crippen LogP contribution in [0.25, 0.3) is 10.9 Å². The molecule has 1 unspecified atom stereocenters. The third-order valence-electron chi connectivity index (χ3n) is 9.60. The van der Waals surface area contributed by atoms with Gasteiger partial charge in [-0.05, 0) is 93.6 Å². The maximum atomic E-state index is 6.96. The van der Waals surface area contributed by atoms with Gasteiger partial charge < -0.3 is 16.0 Å². The molecule has 0 saturated heterocycles. The number of rotatable bonds is 7. The Morgan fingerprint density at radius 3 is 2.27 bits per heavy atom. The van der Waals surface area contributed by atoms with E-state index in [9.17, 15) is 0 Å². The van der Waals surface area contributed by atoms with E-state index in [1.807, 2.05) is 0 Å². The van der Waals surface area contributed by atoms with Crippen LogP contribution in [0.15, 0.2) is 30.5 Å². The molecule has 0 amide bonds. The zero-order valence-corrected chi connectivity index (χ0v) is 20.8. The van der Waals surface area contributed by atoms with Crippen molar-refractivity contribution in [2.45, 2.75) is 127 Å². The van der Waals surface area contributed by atoms with Gasteiger partial charge in [0.1, 0.15) is 0 Å². The molecule has 0 bridgehead atoms. The lowest BCUT2D eigenvalue weighted by Gasteiger charge is -2.38. The van der Waals surface area contributed by atoms with Gasteiger partial charge in [-0.15, -0.1) is 0 Å². The number of para-hydroxylation sites is 1. The third-order valence-corrected chi connectivity index (χ3v) is 9.60. The fourth-order valence-corrected chi connectivity index (χ4v) is 7.46. The van der Waals surface area contributed by atoms with Crippen LogP contribution in [0.2, 0.25) is 0 Å². The highest BCUT2D eigenvalue weighted by molar-refractivity contribution is 5.84. The van der Waals surface area contributed by atoms with Crippen molar-refractivity contribution in [3.8, 4) is 0 Å². The van der Waals surface area contributed by atoms with E-state index in [4.69, 9.17) is 11.5 Å².